The van der Waals surface area contributed by atoms with Crippen LogP contribution in [0.25, 0.3) is 0 Å². The molecule has 2 fully saturated rings. The SMILES string of the molecule is CCC1CCC(C)N1C(=O)N1CCCC(CCC(=O)O)C1. The predicted molar refractivity (Wildman–Crippen MR) is 81.2 cm³/mol. The van der Waals surface area contributed by atoms with Gasteiger partial charge in [0.25, 0.3) is 0 Å². The number of rotatable bonds is 4. The number of carbonyl (C=O) groups excluding carboxylic acids is 1. The molecule has 2 aliphatic heterocycles. The number of carboxylic acids is 1. The minimum absolute atomic E-state index is 0.173. The van der Waals surface area contributed by atoms with E-state index in [4.69, 9.17) is 5.11 Å². The standard InChI is InChI=1S/C16H28N2O3/c1-3-14-8-6-12(2)18(14)16(21)17-10-4-5-13(11-17)7-9-15(19)20/h12-14H,3-11H2,1-2H3,(H,19,20). The summed E-state index contributed by atoms with van der Waals surface area (Å²) in [6.07, 6.45) is 6.17. The molecular weight excluding hydrogens is 268 g/mol. The van der Waals surface area contributed by atoms with E-state index in [1.807, 2.05) is 4.90 Å². The van der Waals surface area contributed by atoms with Crippen molar-refractivity contribution in [2.45, 2.75) is 70.9 Å². The van der Waals surface area contributed by atoms with Crippen LogP contribution in [0.3, 0.4) is 0 Å². The molecule has 2 rings (SSSR count). The van der Waals surface area contributed by atoms with Crippen LogP contribution in [0.2, 0.25) is 0 Å². The summed E-state index contributed by atoms with van der Waals surface area (Å²) in [5.74, 6) is -0.394. The van der Waals surface area contributed by atoms with Crippen molar-refractivity contribution in [1.29, 1.82) is 0 Å². The Morgan fingerprint density at radius 2 is 2.00 bits per heavy atom. The quantitative estimate of drug-likeness (QED) is 0.867. The minimum atomic E-state index is -0.738. The number of likely N-dealkylation sites (tertiary alicyclic amines) is 2. The second kappa shape index (κ2) is 7.14. The van der Waals surface area contributed by atoms with Gasteiger partial charge in [0.15, 0.2) is 0 Å². The molecule has 0 spiro atoms. The minimum Gasteiger partial charge on any atom is -0.481 e. The Morgan fingerprint density at radius 1 is 1.24 bits per heavy atom. The Hall–Kier alpha value is -1.26. The van der Waals surface area contributed by atoms with Crippen molar-refractivity contribution in [2.75, 3.05) is 13.1 Å². The molecule has 0 aromatic heterocycles. The van der Waals surface area contributed by atoms with Crippen molar-refractivity contribution in [3.8, 4) is 0 Å². The van der Waals surface area contributed by atoms with Gasteiger partial charge < -0.3 is 14.9 Å². The molecule has 21 heavy (non-hydrogen) atoms. The topological polar surface area (TPSA) is 60.9 Å². The zero-order valence-corrected chi connectivity index (χ0v) is 13.3. The maximum absolute atomic E-state index is 12.8. The van der Waals surface area contributed by atoms with Gasteiger partial charge in [-0.25, -0.2) is 4.79 Å². The van der Waals surface area contributed by atoms with Crippen molar-refractivity contribution in [2.24, 2.45) is 5.92 Å². The first kappa shape index (κ1) is 16.1. The molecular formula is C16H28N2O3. The van der Waals surface area contributed by atoms with Gasteiger partial charge in [0.05, 0.1) is 0 Å². The number of hydrogen-bond acceptors (Lipinski definition) is 2. The van der Waals surface area contributed by atoms with Crippen LogP contribution in [0.5, 0.6) is 0 Å². The fourth-order valence-corrected chi connectivity index (χ4v) is 3.78. The Labute approximate surface area is 127 Å². The molecule has 0 radical (unpaired) electrons. The average molecular weight is 296 g/mol. The normalized spacial score (nSPS) is 29.7. The highest BCUT2D eigenvalue weighted by molar-refractivity contribution is 5.75. The number of carbonyl (C=O) groups is 2. The number of urea groups is 1. The third-order valence-corrected chi connectivity index (χ3v) is 5.03. The second-order valence-corrected chi connectivity index (χ2v) is 6.56. The highest BCUT2D eigenvalue weighted by Crippen LogP contribution is 2.29. The number of aliphatic carboxylic acids is 1. The lowest BCUT2D eigenvalue weighted by Gasteiger charge is -2.38. The second-order valence-electron chi connectivity index (χ2n) is 6.56. The van der Waals surface area contributed by atoms with E-state index in [1.54, 1.807) is 0 Å². The lowest BCUT2D eigenvalue weighted by Crippen LogP contribution is -2.51. The van der Waals surface area contributed by atoms with E-state index in [9.17, 15) is 9.59 Å². The average Bonchev–Trinajstić information content (AvgIpc) is 2.85. The Bertz CT molecular complexity index is 386. The Morgan fingerprint density at radius 3 is 2.67 bits per heavy atom. The number of hydrogen-bond donors (Lipinski definition) is 1. The molecule has 5 nitrogen and oxygen atoms in total. The molecule has 0 bridgehead atoms. The van der Waals surface area contributed by atoms with Crippen molar-refractivity contribution in [3.05, 3.63) is 0 Å². The highest BCUT2D eigenvalue weighted by Gasteiger charge is 2.36. The molecule has 1 N–H and O–H groups in total. The number of carboxylic acid groups (broad SMARTS) is 1. The van der Waals surface area contributed by atoms with Crippen LogP contribution in [0, 0.1) is 5.92 Å². The van der Waals surface area contributed by atoms with Gasteiger partial charge in [-0.05, 0) is 51.4 Å². The molecule has 0 aromatic rings. The van der Waals surface area contributed by atoms with E-state index in [1.165, 1.54) is 0 Å². The van der Waals surface area contributed by atoms with Crippen LogP contribution in [0.15, 0.2) is 0 Å². The molecule has 2 saturated heterocycles. The fourth-order valence-electron chi connectivity index (χ4n) is 3.78. The lowest BCUT2D eigenvalue weighted by molar-refractivity contribution is -0.137. The first-order chi connectivity index (χ1) is 10.0. The van der Waals surface area contributed by atoms with E-state index in [2.05, 4.69) is 18.7 Å². The summed E-state index contributed by atoms with van der Waals surface area (Å²) in [6.45, 7) is 5.84. The van der Waals surface area contributed by atoms with Crippen molar-refractivity contribution >= 4 is 12.0 Å². The summed E-state index contributed by atoms with van der Waals surface area (Å²) in [5, 5.41) is 8.80. The van der Waals surface area contributed by atoms with Gasteiger partial charge in [0.2, 0.25) is 0 Å². The van der Waals surface area contributed by atoms with Gasteiger partial charge in [0, 0.05) is 31.6 Å². The van der Waals surface area contributed by atoms with Gasteiger partial charge in [-0.3, -0.25) is 4.79 Å². The van der Waals surface area contributed by atoms with Gasteiger partial charge >= 0.3 is 12.0 Å². The molecule has 5 heteroatoms. The van der Waals surface area contributed by atoms with Gasteiger partial charge in [-0.1, -0.05) is 6.92 Å². The van der Waals surface area contributed by atoms with E-state index in [0.717, 1.165) is 45.2 Å². The molecule has 0 aliphatic carbocycles. The summed E-state index contributed by atoms with van der Waals surface area (Å²) < 4.78 is 0. The van der Waals surface area contributed by atoms with Crippen LogP contribution in [0.1, 0.15) is 58.8 Å². The van der Waals surface area contributed by atoms with Crippen LogP contribution < -0.4 is 0 Å². The number of amides is 2. The zero-order chi connectivity index (χ0) is 15.4. The van der Waals surface area contributed by atoms with Crippen molar-refractivity contribution < 1.29 is 14.7 Å². The molecule has 2 aliphatic rings. The molecule has 3 atom stereocenters. The maximum Gasteiger partial charge on any atom is 0.320 e. The van der Waals surface area contributed by atoms with Crippen molar-refractivity contribution in [1.82, 2.24) is 9.80 Å². The summed E-state index contributed by atoms with van der Waals surface area (Å²) >= 11 is 0. The Kier molecular flexibility index (Phi) is 5.48. The van der Waals surface area contributed by atoms with Crippen LogP contribution >= 0.6 is 0 Å². The third-order valence-electron chi connectivity index (χ3n) is 5.03. The first-order valence-corrected chi connectivity index (χ1v) is 8.32. The first-order valence-electron chi connectivity index (χ1n) is 8.32. The van der Waals surface area contributed by atoms with Crippen molar-refractivity contribution in [3.63, 3.8) is 0 Å². The van der Waals surface area contributed by atoms with Gasteiger partial charge in [-0.2, -0.15) is 0 Å². The Balaban J connectivity index is 1.93. The predicted octanol–water partition coefficient (Wildman–Crippen LogP) is 2.95. The van der Waals surface area contributed by atoms with Gasteiger partial charge in [-0.15, -0.1) is 0 Å². The highest BCUT2D eigenvalue weighted by atomic mass is 16.4. The zero-order valence-electron chi connectivity index (χ0n) is 13.3. The fraction of sp³-hybridized carbons (Fsp3) is 0.875. The van der Waals surface area contributed by atoms with Crippen LogP contribution in [0.4, 0.5) is 4.79 Å². The molecule has 0 saturated carbocycles. The maximum atomic E-state index is 12.8. The van der Waals surface area contributed by atoms with Crippen LogP contribution in [-0.2, 0) is 4.79 Å². The number of piperidine rings is 1. The van der Waals surface area contributed by atoms with Gasteiger partial charge in [0.1, 0.15) is 0 Å². The van der Waals surface area contributed by atoms with E-state index < -0.39 is 5.97 Å². The number of nitrogens with zero attached hydrogens (tertiary/aromatic N) is 2. The molecule has 3 unspecified atom stereocenters. The summed E-state index contributed by atoms with van der Waals surface area (Å²) in [6, 6.07) is 0.889. The van der Waals surface area contributed by atoms with Crippen LogP contribution in [-0.4, -0.2) is 52.1 Å². The smallest absolute Gasteiger partial charge is 0.320 e. The summed E-state index contributed by atoms with van der Waals surface area (Å²) in [7, 11) is 0. The molecule has 2 amide bonds. The largest absolute Gasteiger partial charge is 0.481 e. The monoisotopic (exact) mass is 296 g/mol. The van der Waals surface area contributed by atoms with E-state index in [-0.39, 0.29) is 12.5 Å². The molecule has 0 aromatic carbocycles. The summed E-state index contributed by atoms with van der Waals surface area (Å²) in [4.78, 5) is 27.5. The summed E-state index contributed by atoms with van der Waals surface area (Å²) in [5.41, 5.74) is 0. The molecule has 2 heterocycles. The van der Waals surface area contributed by atoms with E-state index in [0.29, 0.717) is 24.4 Å². The van der Waals surface area contributed by atoms with E-state index >= 15 is 0 Å². The lowest BCUT2D eigenvalue weighted by atomic mass is 9.93. The molecule has 120 valence electrons. The third kappa shape index (κ3) is 3.89.